The summed E-state index contributed by atoms with van der Waals surface area (Å²) in [4.78, 5) is 14.2. The van der Waals surface area contributed by atoms with Crippen LogP contribution >= 0.6 is 0 Å². The van der Waals surface area contributed by atoms with E-state index in [2.05, 4.69) is 42.3 Å². The average molecular weight is 291 g/mol. The summed E-state index contributed by atoms with van der Waals surface area (Å²) in [5.74, 6) is 0.0464. The van der Waals surface area contributed by atoms with Crippen molar-refractivity contribution in [2.45, 2.75) is 52.7 Å². The van der Waals surface area contributed by atoms with E-state index in [0.29, 0.717) is 6.54 Å². The van der Waals surface area contributed by atoms with Gasteiger partial charge in [-0.1, -0.05) is 36.8 Å². The van der Waals surface area contributed by atoms with Crippen molar-refractivity contribution >= 4 is 5.91 Å². The van der Waals surface area contributed by atoms with E-state index < -0.39 is 0 Å². The number of nitrogens with zero attached hydrogens (tertiary/aromatic N) is 1. The van der Waals surface area contributed by atoms with Gasteiger partial charge >= 0.3 is 0 Å². The van der Waals surface area contributed by atoms with Gasteiger partial charge < -0.3 is 11.1 Å². The van der Waals surface area contributed by atoms with Crippen LogP contribution in [-0.4, -0.2) is 36.0 Å². The standard InChI is InChI=1S/C17H29N3O/c1-6-20(11-16(21)19-12(2)3)17(14(5)18)15-9-7-8-13(4)10-15/h7-10,12,14,17H,6,11,18H2,1-5H3,(H,19,21). The largest absolute Gasteiger partial charge is 0.353 e. The molecular weight excluding hydrogens is 262 g/mol. The third-order valence-electron chi connectivity index (χ3n) is 3.48. The monoisotopic (exact) mass is 291 g/mol. The first-order valence-corrected chi connectivity index (χ1v) is 7.70. The Morgan fingerprint density at radius 3 is 2.48 bits per heavy atom. The van der Waals surface area contributed by atoms with Crippen LogP contribution < -0.4 is 11.1 Å². The number of rotatable bonds is 7. The average Bonchev–Trinajstić information content (AvgIpc) is 2.36. The molecule has 0 saturated carbocycles. The molecular formula is C17H29N3O. The van der Waals surface area contributed by atoms with E-state index in [1.165, 1.54) is 11.1 Å². The van der Waals surface area contributed by atoms with E-state index in [9.17, 15) is 4.79 Å². The fourth-order valence-electron chi connectivity index (χ4n) is 2.66. The SMILES string of the molecule is CCN(CC(=O)NC(C)C)C(c1cccc(C)c1)C(C)N. The Balaban J connectivity index is 2.93. The number of carbonyl (C=O) groups is 1. The normalized spacial score (nSPS) is 14.3. The molecule has 21 heavy (non-hydrogen) atoms. The van der Waals surface area contributed by atoms with Crippen LogP contribution in [0, 0.1) is 6.92 Å². The summed E-state index contributed by atoms with van der Waals surface area (Å²) in [5.41, 5.74) is 8.58. The molecule has 1 aromatic carbocycles. The molecule has 2 unspecified atom stereocenters. The number of aryl methyl sites for hydroxylation is 1. The first-order valence-electron chi connectivity index (χ1n) is 7.70. The van der Waals surface area contributed by atoms with Gasteiger partial charge in [0.1, 0.15) is 0 Å². The summed E-state index contributed by atoms with van der Waals surface area (Å²) in [6.45, 7) is 11.2. The molecule has 1 amide bonds. The molecule has 118 valence electrons. The second-order valence-corrected chi connectivity index (χ2v) is 6.00. The molecule has 0 aliphatic carbocycles. The number of nitrogens with one attached hydrogen (secondary N) is 1. The Labute approximate surface area is 128 Å². The number of hydrogen-bond acceptors (Lipinski definition) is 3. The van der Waals surface area contributed by atoms with Crippen LogP contribution in [0.1, 0.15) is 44.9 Å². The van der Waals surface area contributed by atoms with Crippen molar-refractivity contribution in [2.24, 2.45) is 5.73 Å². The predicted molar refractivity (Wildman–Crippen MR) is 88.1 cm³/mol. The first kappa shape index (κ1) is 17.7. The van der Waals surface area contributed by atoms with E-state index in [1.807, 2.05) is 26.8 Å². The van der Waals surface area contributed by atoms with Gasteiger partial charge in [0.15, 0.2) is 0 Å². The molecule has 2 atom stereocenters. The lowest BCUT2D eigenvalue weighted by Crippen LogP contribution is -2.45. The van der Waals surface area contributed by atoms with E-state index in [4.69, 9.17) is 5.73 Å². The lowest BCUT2D eigenvalue weighted by Gasteiger charge is -2.33. The maximum absolute atomic E-state index is 12.1. The lowest BCUT2D eigenvalue weighted by molar-refractivity contribution is -0.123. The molecule has 0 spiro atoms. The highest BCUT2D eigenvalue weighted by atomic mass is 16.2. The Bertz CT molecular complexity index is 457. The molecule has 0 saturated heterocycles. The van der Waals surface area contributed by atoms with Crippen LogP contribution in [0.5, 0.6) is 0 Å². The van der Waals surface area contributed by atoms with Crippen molar-refractivity contribution in [1.29, 1.82) is 0 Å². The zero-order chi connectivity index (χ0) is 16.0. The number of carbonyl (C=O) groups excluding carboxylic acids is 1. The van der Waals surface area contributed by atoms with Gasteiger partial charge in [0.25, 0.3) is 0 Å². The van der Waals surface area contributed by atoms with Crippen molar-refractivity contribution in [3.63, 3.8) is 0 Å². The Hall–Kier alpha value is -1.39. The van der Waals surface area contributed by atoms with E-state index in [0.717, 1.165) is 6.54 Å². The van der Waals surface area contributed by atoms with Gasteiger partial charge in [-0.25, -0.2) is 0 Å². The van der Waals surface area contributed by atoms with Crippen molar-refractivity contribution < 1.29 is 4.79 Å². The topological polar surface area (TPSA) is 58.4 Å². The van der Waals surface area contributed by atoms with Crippen LogP contribution in [0.2, 0.25) is 0 Å². The molecule has 0 aliphatic heterocycles. The Morgan fingerprint density at radius 2 is 2.00 bits per heavy atom. The highest BCUT2D eigenvalue weighted by molar-refractivity contribution is 5.78. The van der Waals surface area contributed by atoms with Crippen LogP contribution in [0.4, 0.5) is 0 Å². The maximum atomic E-state index is 12.1. The van der Waals surface area contributed by atoms with E-state index >= 15 is 0 Å². The van der Waals surface area contributed by atoms with Gasteiger partial charge in [-0.05, 0) is 39.8 Å². The van der Waals surface area contributed by atoms with Crippen LogP contribution in [0.3, 0.4) is 0 Å². The summed E-state index contributed by atoms with van der Waals surface area (Å²) in [6, 6.07) is 8.52. The number of nitrogens with two attached hydrogens (primary N) is 1. The second kappa shape index (κ2) is 8.15. The lowest BCUT2D eigenvalue weighted by atomic mass is 9.97. The quantitative estimate of drug-likeness (QED) is 0.810. The summed E-state index contributed by atoms with van der Waals surface area (Å²) >= 11 is 0. The Morgan fingerprint density at radius 1 is 1.33 bits per heavy atom. The van der Waals surface area contributed by atoms with Crippen molar-refractivity contribution in [3.05, 3.63) is 35.4 Å². The van der Waals surface area contributed by atoms with Gasteiger partial charge in [0, 0.05) is 12.1 Å². The third kappa shape index (κ3) is 5.48. The van der Waals surface area contributed by atoms with Gasteiger partial charge in [-0.3, -0.25) is 9.69 Å². The van der Waals surface area contributed by atoms with Crippen LogP contribution in [0.15, 0.2) is 24.3 Å². The molecule has 1 aromatic rings. The fourth-order valence-corrected chi connectivity index (χ4v) is 2.66. The molecule has 4 heteroatoms. The fraction of sp³-hybridized carbons (Fsp3) is 0.588. The van der Waals surface area contributed by atoms with Gasteiger partial charge in [0.2, 0.25) is 5.91 Å². The molecule has 0 bridgehead atoms. The summed E-state index contributed by atoms with van der Waals surface area (Å²) in [5, 5.41) is 2.94. The molecule has 1 rings (SSSR count). The molecule has 0 radical (unpaired) electrons. The predicted octanol–water partition coefficient (Wildman–Crippen LogP) is 2.23. The zero-order valence-electron chi connectivity index (χ0n) is 13.9. The highest BCUT2D eigenvalue weighted by Crippen LogP contribution is 2.24. The van der Waals surface area contributed by atoms with Crippen molar-refractivity contribution in [2.75, 3.05) is 13.1 Å². The number of likely N-dealkylation sites (N-methyl/N-ethyl adjacent to an activating group) is 1. The van der Waals surface area contributed by atoms with Gasteiger partial charge in [-0.2, -0.15) is 0 Å². The van der Waals surface area contributed by atoms with Crippen molar-refractivity contribution in [3.8, 4) is 0 Å². The smallest absolute Gasteiger partial charge is 0.234 e. The summed E-state index contributed by atoms with van der Waals surface area (Å²) in [6.07, 6.45) is 0. The first-order chi connectivity index (χ1) is 9.85. The Kier molecular flexibility index (Phi) is 6.85. The van der Waals surface area contributed by atoms with E-state index in [1.54, 1.807) is 0 Å². The molecule has 4 nitrogen and oxygen atoms in total. The third-order valence-corrected chi connectivity index (χ3v) is 3.48. The minimum atomic E-state index is -0.0430. The van der Waals surface area contributed by atoms with Gasteiger partial charge in [0.05, 0.1) is 12.6 Å². The maximum Gasteiger partial charge on any atom is 0.234 e. The molecule has 0 aromatic heterocycles. The summed E-state index contributed by atoms with van der Waals surface area (Å²) in [7, 11) is 0. The van der Waals surface area contributed by atoms with E-state index in [-0.39, 0.29) is 24.0 Å². The van der Waals surface area contributed by atoms with Crippen LogP contribution in [0.25, 0.3) is 0 Å². The molecule has 0 heterocycles. The molecule has 0 fully saturated rings. The van der Waals surface area contributed by atoms with Crippen molar-refractivity contribution in [1.82, 2.24) is 10.2 Å². The highest BCUT2D eigenvalue weighted by Gasteiger charge is 2.25. The molecule has 0 aliphatic rings. The minimum absolute atomic E-state index is 0.0430. The zero-order valence-corrected chi connectivity index (χ0v) is 13.9. The number of amides is 1. The van der Waals surface area contributed by atoms with Gasteiger partial charge in [-0.15, -0.1) is 0 Å². The second-order valence-electron chi connectivity index (χ2n) is 6.00. The molecule has 3 N–H and O–H groups in total. The van der Waals surface area contributed by atoms with Crippen LogP contribution in [-0.2, 0) is 4.79 Å². The number of benzene rings is 1. The minimum Gasteiger partial charge on any atom is -0.353 e. The number of hydrogen-bond donors (Lipinski definition) is 2. The summed E-state index contributed by atoms with van der Waals surface area (Å²) < 4.78 is 0.